The molecule has 0 atom stereocenters. The van der Waals surface area contributed by atoms with E-state index in [9.17, 15) is 14.0 Å². The SMILES string of the molecule is CCCCCCCCCC(=O)N(CC(=O)N(Cc1ccc(F)cc1)Cc1sccc1C)C(C)C. The molecule has 188 valence electrons. The maximum atomic E-state index is 13.4. The van der Waals surface area contributed by atoms with Crippen LogP contribution in [-0.2, 0) is 22.7 Å². The van der Waals surface area contributed by atoms with E-state index in [-0.39, 0.29) is 30.2 Å². The van der Waals surface area contributed by atoms with E-state index in [4.69, 9.17) is 0 Å². The van der Waals surface area contributed by atoms with E-state index in [0.29, 0.717) is 19.5 Å². The van der Waals surface area contributed by atoms with E-state index >= 15 is 0 Å². The summed E-state index contributed by atoms with van der Waals surface area (Å²) in [5.74, 6) is -0.331. The molecule has 0 aliphatic heterocycles. The molecule has 0 fully saturated rings. The minimum absolute atomic E-state index is 0.0443. The van der Waals surface area contributed by atoms with Crippen molar-refractivity contribution in [3.8, 4) is 0 Å². The third-order valence-electron chi connectivity index (χ3n) is 6.19. The molecule has 1 aromatic heterocycles. The Labute approximate surface area is 209 Å². The van der Waals surface area contributed by atoms with Gasteiger partial charge in [-0.15, -0.1) is 11.3 Å². The lowest BCUT2D eigenvalue weighted by Gasteiger charge is -2.30. The van der Waals surface area contributed by atoms with Crippen LogP contribution in [0.1, 0.15) is 88.1 Å². The van der Waals surface area contributed by atoms with E-state index in [1.165, 1.54) is 44.2 Å². The number of hydrogen-bond donors (Lipinski definition) is 0. The number of benzene rings is 1. The van der Waals surface area contributed by atoms with Gasteiger partial charge in [0.05, 0.1) is 13.1 Å². The summed E-state index contributed by atoms with van der Waals surface area (Å²) in [6.45, 7) is 9.11. The molecule has 0 unspecified atom stereocenters. The normalized spacial score (nSPS) is 11.1. The molecule has 0 saturated heterocycles. The Hall–Kier alpha value is -2.21. The molecule has 34 heavy (non-hydrogen) atoms. The van der Waals surface area contributed by atoms with Crippen molar-refractivity contribution in [2.45, 2.75) is 98.2 Å². The molecule has 2 rings (SSSR count). The van der Waals surface area contributed by atoms with Gasteiger partial charge in [-0.25, -0.2) is 4.39 Å². The lowest BCUT2D eigenvalue weighted by molar-refractivity contribution is -0.142. The van der Waals surface area contributed by atoms with Gasteiger partial charge in [0.15, 0.2) is 0 Å². The Bertz CT molecular complexity index is 879. The Morgan fingerprint density at radius 1 is 0.912 bits per heavy atom. The second kappa shape index (κ2) is 14.9. The summed E-state index contributed by atoms with van der Waals surface area (Å²) < 4.78 is 13.4. The molecule has 0 aliphatic rings. The van der Waals surface area contributed by atoms with Gasteiger partial charge in [0.25, 0.3) is 0 Å². The fraction of sp³-hybridized carbons (Fsp3) is 0.571. The molecule has 4 nitrogen and oxygen atoms in total. The number of carbonyl (C=O) groups is 2. The van der Waals surface area contributed by atoms with Crippen LogP contribution in [0.5, 0.6) is 0 Å². The van der Waals surface area contributed by atoms with Gasteiger partial charge in [-0.1, -0.05) is 57.6 Å². The number of hydrogen-bond acceptors (Lipinski definition) is 3. The van der Waals surface area contributed by atoms with Gasteiger partial charge in [0.2, 0.25) is 11.8 Å². The summed E-state index contributed by atoms with van der Waals surface area (Å²) in [6.07, 6.45) is 8.60. The molecular formula is C28H41FN2O2S. The highest BCUT2D eigenvalue weighted by Crippen LogP contribution is 2.20. The van der Waals surface area contributed by atoms with Gasteiger partial charge in [0, 0.05) is 23.9 Å². The second-order valence-corrected chi connectivity index (χ2v) is 10.4. The maximum Gasteiger partial charge on any atom is 0.242 e. The van der Waals surface area contributed by atoms with Crippen LogP contribution in [0.3, 0.4) is 0 Å². The van der Waals surface area contributed by atoms with Crippen molar-refractivity contribution < 1.29 is 14.0 Å². The van der Waals surface area contributed by atoms with E-state index in [0.717, 1.165) is 28.8 Å². The van der Waals surface area contributed by atoms with E-state index < -0.39 is 0 Å². The first-order valence-corrected chi connectivity index (χ1v) is 13.5. The Balaban J connectivity index is 2.00. The van der Waals surface area contributed by atoms with Crippen LogP contribution in [-0.4, -0.2) is 34.2 Å². The first kappa shape index (κ1) is 28.0. The molecule has 2 amide bonds. The predicted molar refractivity (Wildman–Crippen MR) is 139 cm³/mol. The summed E-state index contributed by atoms with van der Waals surface area (Å²) in [4.78, 5) is 31.0. The highest BCUT2D eigenvalue weighted by molar-refractivity contribution is 7.10. The van der Waals surface area contributed by atoms with E-state index in [2.05, 4.69) is 6.92 Å². The second-order valence-electron chi connectivity index (χ2n) is 9.39. The molecule has 0 spiro atoms. The molecule has 0 saturated carbocycles. The zero-order valence-corrected chi connectivity index (χ0v) is 22.1. The average Bonchev–Trinajstić information content (AvgIpc) is 3.21. The summed E-state index contributed by atoms with van der Waals surface area (Å²) in [6, 6.07) is 8.26. The van der Waals surface area contributed by atoms with Gasteiger partial charge in [-0.05, 0) is 61.9 Å². The zero-order valence-electron chi connectivity index (χ0n) is 21.3. The van der Waals surface area contributed by atoms with E-state index in [1.807, 2.05) is 32.2 Å². The molecule has 0 radical (unpaired) electrons. The molecule has 0 aliphatic carbocycles. The number of nitrogens with zero attached hydrogens (tertiary/aromatic N) is 2. The number of thiophene rings is 1. The summed E-state index contributed by atoms with van der Waals surface area (Å²) in [5.41, 5.74) is 2.02. The third-order valence-corrected chi connectivity index (χ3v) is 7.19. The first-order chi connectivity index (χ1) is 16.3. The monoisotopic (exact) mass is 488 g/mol. The minimum atomic E-state index is -0.294. The van der Waals surface area contributed by atoms with Crippen LogP contribution < -0.4 is 0 Å². The highest BCUT2D eigenvalue weighted by Gasteiger charge is 2.24. The Morgan fingerprint density at radius 2 is 1.56 bits per heavy atom. The van der Waals surface area contributed by atoms with Gasteiger partial charge < -0.3 is 9.80 Å². The van der Waals surface area contributed by atoms with Crippen LogP contribution in [0.15, 0.2) is 35.7 Å². The van der Waals surface area contributed by atoms with Crippen LogP contribution in [0.25, 0.3) is 0 Å². The van der Waals surface area contributed by atoms with Crippen molar-refractivity contribution in [2.75, 3.05) is 6.54 Å². The molecule has 2 aromatic rings. The number of carbonyl (C=O) groups excluding carboxylic acids is 2. The lowest BCUT2D eigenvalue weighted by atomic mass is 10.1. The lowest BCUT2D eigenvalue weighted by Crippen LogP contribution is -2.45. The largest absolute Gasteiger partial charge is 0.332 e. The van der Waals surface area contributed by atoms with Crippen LogP contribution >= 0.6 is 11.3 Å². The molecular weight excluding hydrogens is 447 g/mol. The first-order valence-electron chi connectivity index (χ1n) is 12.7. The van der Waals surface area contributed by atoms with Gasteiger partial charge in [0.1, 0.15) is 5.82 Å². The molecule has 1 heterocycles. The topological polar surface area (TPSA) is 40.6 Å². The molecule has 1 aromatic carbocycles. The third kappa shape index (κ3) is 9.57. The Kier molecular flexibility index (Phi) is 12.3. The maximum absolute atomic E-state index is 13.4. The quantitative estimate of drug-likeness (QED) is 0.251. The standard InChI is InChI=1S/C28H41FN2O2S/c1-5-6-7-8-9-10-11-12-27(32)31(22(2)3)21-28(33)30(20-26-23(4)17-18-34-26)19-24-13-15-25(29)16-14-24/h13-18,22H,5-12,19-21H2,1-4H3. The van der Waals surface area contributed by atoms with Crippen molar-refractivity contribution in [3.05, 3.63) is 57.5 Å². The highest BCUT2D eigenvalue weighted by atomic mass is 32.1. The average molecular weight is 489 g/mol. The minimum Gasteiger partial charge on any atom is -0.332 e. The van der Waals surface area contributed by atoms with Gasteiger partial charge in [-0.3, -0.25) is 9.59 Å². The van der Waals surface area contributed by atoms with Crippen molar-refractivity contribution in [1.29, 1.82) is 0 Å². The van der Waals surface area contributed by atoms with E-state index in [1.54, 1.807) is 33.3 Å². The molecule has 0 bridgehead atoms. The fourth-order valence-corrected chi connectivity index (χ4v) is 4.88. The predicted octanol–water partition coefficient (Wildman–Crippen LogP) is 7.10. The molecule has 6 heteroatoms. The van der Waals surface area contributed by atoms with Crippen molar-refractivity contribution in [1.82, 2.24) is 9.80 Å². The zero-order chi connectivity index (χ0) is 24.9. The number of amides is 2. The smallest absolute Gasteiger partial charge is 0.242 e. The number of rotatable bonds is 15. The van der Waals surface area contributed by atoms with Crippen LogP contribution in [0, 0.1) is 12.7 Å². The number of halogens is 1. The fourth-order valence-electron chi connectivity index (χ4n) is 3.96. The van der Waals surface area contributed by atoms with Crippen molar-refractivity contribution in [2.24, 2.45) is 0 Å². The van der Waals surface area contributed by atoms with Crippen LogP contribution in [0.2, 0.25) is 0 Å². The number of aryl methyl sites for hydroxylation is 1. The summed E-state index contributed by atoms with van der Waals surface area (Å²) in [5, 5.41) is 2.03. The van der Waals surface area contributed by atoms with Crippen LogP contribution in [0.4, 0.5) is 4.39 Å². The van der Waals surface area contributed by atoms with Gasteiger partial charge >= 0.3 is 0 Å². The number of unbranched alkanes of at least 4 members (excludes halogenated alkanes) is 6. The summed E-state index contributed by atoms with van der Waals surface area (Å²) >= 11 is 1.63. The molecule has 0 N–H and O–H groups in total. The van der Waals surface area contributed by atoms with Crippen molar-refractivity contribution in [3.63, 3.8) is 0 Å². The Morgan fingerprint density at radius 3 is 2.15 bits per heavy atom. The summed E-state index contributed by atoms with van der Waals surface area (Å²) in [7, 11) is 0. The van der Waals surface area contributed by atoms with Crippen molar-refractivity contribution >= 4 is 23.2 Å². The van der Waals surface area contributed by atoms with Gasteiger partial charge in [-0.2, -0.15) is 0 Å².